The van der Waals surface area contributed by atoms with Gasteiger partial charge in [-0.15, -0.1) is 0 Å². The van der Waals surface area contributed by atoms with Crippen molar-refractivity contribution in [3.05, 3.63) is 34.9 Å². The highest BCUT2D eigenvalue weighted by atomic mass is 35.5. The summed E-state index contributed by atoms with van der Waals surface area (Å²) < 4.78 is 38.5. The lowest BCUT2D eigenvalue weighted by Crippen LogP contribution is -2.48. The molecule has 0 amide bonds. The van der Waals surface area contributed by atoms with Crippen molar-refractivity contribution in [1.82, 2.24) is 4.90 Å². The summed E-state index contributed by atoms with van der Waals surface area (Å²) in [5.74, 6) is -1.54. The second-order valence-electron chi connectivity index (χ2n) is 5.43. The number of rotatable bonds is 3. The number of ketones is 1. The Hall–Kier alpha value is -1.07. The van der Waals surface area contributed by atoms with E-state index in [0.717, 1.165) is 0 Å². The number of alkyl halides is 3. The van der Waals surface area contributed by atoms with Gasteiger partial charge in [-0.2, -0.15) is 13.2 Å². The van der Waals surface area contributed by atoms with Gasteiger partial charge in [-0.3, -0.25) is 9.69 Å². The lowest BCUT2D eigenvalue weighted by Gasteiger charge is -2.36. The molecule has 21 heavy (non-hydrogen) atoms. The fourth-order valence-corrected chi connectivity index (χ4v) is 2.86. The first-order valence-corrected chi connectivity index (χ1v) is 7.27. The maximum atomic E-state index is 12.8. The van der Waals surface area contributed by atoms with Crippen LogP contribution >= 0.6 is 11.6 Å². The second-order valence-corrected chi connectivity index (χ2v) is 5.86. The molecule has 0 aliphatic carbocycles. The van der Waals surface area contributed by atoms with Crippen LogP contribution in [0.2, 0.25) is 5.02 Å². The van der Waals surface area contributed by atoms with Crippen molar-refractivity contribution in [1.29, 1.82) is 0 Å². The summed E-state index contributed by atoms with van der Waals surface area (Å²) in [4.78, 5) is 14.0. The molecule has 1 aliphatic heterocycles. The molecule has 0 spiro atoms. The SMILES string of the molecule is CC(C(=O)c1cccc(Cl)c1)N1CCCC(C(F)(F)F)C1. The van der Waals surface area contributed by atoms with Crippen molar-refractivity contribution in [3.63, 3.8) is 0 Å². The molecule has 2 nitrogen and oxygen atoms in total. The summed E-state index contributed by atoms with van der Waals surface area (Å²) in [6.07, 6.45) is -3.60. The summed E-state index contributed by atoms with van der Waals surface area (Å²) in [6.45, 7) is 2.05. The molecule has 6 heteroatoms. The summed E-state index contributed by atoms with van der Waals surface area (Å²) in [6, 6.07) is 5.93. The van der Waals surface area contributed by atoms with E-state index in [1.165, 1.54) is 0 Å². The summed E-state index contributed by atoms with van der Waals surface area (Å²) in [7, 11) is 0. The monoisotopic (exact) mass is 319 g/mol. The lowest BCUT2D eigenvalue weighted by molar-refractivity contribution is -0.187. The van der Waals surface area contributed by atoms with E-state index in [4.69, 9.17) is 11.6 Å². The van der Waals surface area contributed by atoms with Gasteiger partial charge in [0.2, 0.25) is 0 Å². The number of carbonyl (C=O) groups excluding carboxylic acids is 1. The minimum absolute atomic E-state index is 0.114. The van der Waals surface area contributed by atoms with Crippen LogP contribution in [0.4, 0.5) is 13.2 Å². The zero-order chi connectivity index (χ0) is 15.6. The fourth-order valence-electron chi connectivity index (χ4n) is 2.67. The first-order valence-electron chi connectivity index (χ1n) is 6.89. The standard InChI is InChI=1S/C15H17ClF3NO/c1-10(14(21)11-4-2-6-13(16)8-11)20-7-3-5-12(9-20)15(17,18)19/h2,4,6,8,10,12H,3,5,7,9H2,1H3. The molecule has 1 aliphatic rings. The van der Waals surface area contributed by atoms with Crippen LogP contribution in [0.15, 0.2) is 24.3 Å². The van der Waals surface area contributed by atoms with Crippen LogP contribution in [-0.2, 0) is 0 Å². The van der Waals surface area contributed by atoms with Crippen molar-refractivity contribution in [2.24, 2.45) is 5.92 Å². The number of carbonyl (C=O) groups is 1. The molecule has 2 unspecified atom stereocenters. The van der Waals surface area contributed by atoms with Crippen LogP contribution in [0, 0.1) is 5.92 Å². The van der Waals surface area contributed by atoms with E-state index in [1.807, 2.05) is 0 Å². The fraction of sp³-hybridized carbons (Fsp3) is 0.533. The average molecular weight is 320 g/mol. The molecular weight excluding hydrogens is 303 g/mol. The van der Waals surface area contributed by atoms with E-state index in [9.17, 15) is 18.0 Å². The van der Waals surface area contributed by atoms with Gasteiger partial charge in [0.05, 0.1) is 12.0 Å². The number of piperidine rings is 1. The highest BCUT2D eigenvalue weighted by molar-refractivity contribution is 6.31. The predicted octanol–water partition coefficient (Wildman–Crippen LogP) is 4.19. The van der Waals surface area contributed by atoms with Crippen LogP contribution in [0.25, 0.3) is 0 Å². The zero-order valence-electron chi connectivity index (χ0n) is 11.7. The van der Waals surface area contributed by atoms with Crippen LogP contribution in [-0.4, -0.2) is 36.0 Å². The second kappa shape index (κ2) is 6.36. The lowest BCUT2D eigenvalue weighted by atomic mass is 9.94. The van der Waals surface area contributed by atoms with E-state index >= 15 is 0 Å². The Kier molecular flexibility index (Phi) is 4.94. The van der Waals surface area contributed by atoms with Crippen LogP contribution in [0.3, 0.4) is 0 Å². The third kappa shape index (κ3) is 3.98. The summed E-state index contributed by atoms with van der Waals surface area (Å²) in [5.41, 5.74) is 0.434. The Morgan fingerprint density at radius 3 is 2.76 bits per heavy atom. The van der Waals surface area contributed by atoms with Crippen molar-refractivity contribution in [2.45, 2.75) is 32.0 Å². The van der Waals surface area contributed by atoms with E-state index in [0.29, 0.717) is 23.6 Å². The third-order valence-corrected chi connectivity index (χ3v) is 4.19. The number of halogens is 4. The number of likely N-dealkylation sites (tertiary alicyclic amines) is 1. The average Bonchev–Trinajstić information content (AvgIpc) is 2.45. The Morgan fingerprint density at radius 2 is 2.14 bits per heavy atom. The van der Waals surface area contributed by atoms with Crippen LogP contribution in [0.5, 0.6) is 0 Å². The highest BCUT2D eigenvalue weighted by Gasteiger charge is 2.43. The number of hydrogen-bond acceptors (Lipinski definition) is 2. The van der Waals surface area contributed by atoms with Crippen molar-refractivity contribution < 1.29 is 18.0 Å². The Bertz CT molecular complexity index is 518. The molecule has 0 bridgehead atoms. The molecule has 1 aromatic rings. The predicted molar refractivity (Wildman–Crippen MR) is 75.6 cm³/mol. The van der Waals surface area contributed by atoms with Crippen molar-refractivity contribution in [3.8, 4) is 0 Å². The number of nitrogens with zero attached hydrogens (tertiary/aromatic N) is 1. The van der Waals surface area contributed by atoms with Gasteiger partial charge in [0.25, 0.3) is 0 Å². The summed E-state index contributed by atoms with van der Waals surface area (Å²) >= 11 is 5.85. The van der Waals surface area contributed by atoms with Gasteiger partial charge in [0, 0.05) is 17.1 Å². The third-order valence-electron chi connectivity index (χ3n) is 3.95. The number of hydrogen-bond donors (Lipinski definition) is 0. The maximum Gasteiger partial charge on any atom is 0.393 e. The number of Topliss-reactive ketones (excluding diaryl/α,β-unsaturated/α-hetero) is 1. The topological polar surface area (TPSA) is 20.3 Å². The van der Waals surface area contributed by atoms with Gasteiger partial charge in [0.1, 0.15) is 0 Å². The van der Waals surface area contributed by atoms with Gasteiger partial charge in [-0.05, 0) is 38.4 Å². The first-order chi connectivity index (χ1) is 9.79. The van der Waals surface area contributed by atoms with Crippen LogP contribution < -0.4 is 0 Å². The molecule has 0 N–H and O–H groups in total. The largest absolute Gasteiger partial charge is 0.393 e. The van der Waals surface area contributed by atoms with E-state index in [1.54, 1.807) is 36.1 Å². The molecule has 2 rings (SSSR count). The Labute approximate surface area is 126 Å². The van der Waals surface area contributed by atoms with E-state index in [-0.39, 0.29) is 18.7 Å². The minimum atomic E-state index is -4.20. The molecule has 0 saturated carbocycles. The molecule has 0 aromatic heterocycles. The smallest absolute Gasteiger partial charge is 0.293 e. The van der Waals surface area contributed by atoms with Crippen molar-refractivity contribution >= 4 is 17.4 Å². The van der Waals surface area contributed by atoms with Gasteiger partial charge in [0.15, 0.2) is 5.78 Å². The van der Waals surface area contributed by atoms with E-state index < -0.39 is 18.1 Å². The Morgan fingerprint density at radius 1 is 1.43 bits per heavy atom. The molecule has 2 atom stereocenters. The minimum Gasteiger partial charge on any atom is -0.293 e. The maximum absolute atomic E-state index is 12.8. The Balaban J connectivity index is 2.09. The highest BCUT2D eigenvalue weighted by Crippen LogP contribution is 2.34. The first kappa shape index (κ1) is 16.3. The van der Waals surface area contributed by atoms with Gasteiger partial charge in [-0.25, -0.2) is 0 Å². The molecular formula is C15H17ClF3NO. The van der Waals surface area contributed by atoms with Gasteiger partial charge in [-0.1, -0.05) is 23.7 Å². The quantitative estimate of drug-likeness (QED) is 0.779. The molecule has 1 saturated heterocycles. The van der Waals surface area contributed by atoms with Crippen LogP contribution in [0.1, 0.15) is 30.1 Å². The van der Waals surface area contributed by atoms with Gasteiger partial charge >= 0.3 is 6.18 Å². The molecule has 1 fully saturated rings. The normalized spacial score (nSPS) is 22.0. The molecule has 1 aromatic carbocycles. The molecule has 0 radical (unpaired) electrons. The molecule has 116 valence electrons. The number of benzene rings is 1. The van der Waals surface area contributed by atoms with Gasteiger partial charge < -0.3 is 0 Å². The zero-order valence-corrected chi connectivity index (χ0v) is 12.4. The summed E-state index contributed by atoms with van der Waals surface area (Å²) in [5, 5.41) is 0.444. The van der Waals surface area contributed by atoms with E-state index in [2.05, 4.69) is 0 Å². The molecule has 1 heterocycles. The van der Waals surface area contributed by atoms with Crippen molar-refractivity contribution in [2.75, 3.05) is 13.1 Å².